The van der Waals surface area contributed by atoms with Crippen LogP contribution in [-0.4, -0.2) is 12.0 Å². The molecule has 1 aliphatic rings. The van der Waals surface area contributed by atoms with E-state index in [1.807, 2.05) is 0 Å². The van der Waals surface area contributed by atoms with E-state index < -0.39 is 0 Å². The quantitative estimate of drug-likeness (QED) is 0.871. The van der Waals surface area contributed by atoms with Crippen LogP contribution >= 0.6 is 11.3 Å². The summed E-state index contributed by atoms with van der Waals surface area (Å²) in [6, 6.07) is 6.27. The fraction of sp³-hybridized carbons (Fsp3) is 0.357. The Morgan fingerprint density at radius 3 is 2.89 bits per heavy atom. The number of hydrogen-bond acceptors (Lipinski definition) is 3. The predicted octanol–water partition coefficient (Wildman–Crippen LogP) is 3.64. The molecule has 5 heteroatoms. The SMILES string of the molecule is O=C(NOC1CCCC1)c1cc2ccc(F)cc2s1. The number of rotatable bonds is 3. The second-order valence-electron chi connectivity index (χ2n) is 4.75. The lowest BCUT2D eigenvalue weighted by Crippen LogP contribution is -2.27. The zero-order valence-electron chi connectivity index (χ0n) is 10.3. The van der Waals surface area contributed by atoms with Gasteiger partial charge in [0.2, 0.25) is 0 Å². The van der Waals surface area contributed by atoms with E-state index in [0.29, 0.717) is 4.88 Å². The maximum absolute atomic E-state index is 13.1. The minimum atomic E-state index is -0.288. The van der Waals surface area contributed by atoms with Gasteiger partial charge in [-0.25, -0.2) is 9.87 Å². The van der Waals surface area contributed by atoms with Crippen molar-refractivity contribution in [1.82, 2.24) is 5.48 Å². The smallest absolute Gasteiger partial charge is 0.270 e. The summed E-state index contributed by atoms with van der Waals surface area (Å²) in [5.41, 5.74) is 2.49. The lowest BCUT2D eigenvalue weighted by molar-refractivity contribution is -0.0122. The highest BCUT2D eigenvalue weighted by atomic mass is 32.1. The van der Waals surface area contributed by atoms with Gasteiger partial charge in [-0.2, -0.15) is 0 Å². The average Bonchev–Trinajstić information content (AvgIpc) is 3.04. The topological polar surface area (TPSA) is 38.3 Å². The van der Waals surface area contributed by atoms with Gasteiger partial charge in [0.1, 0.15) is 5.82 Å². The Morgan fingerprint density at radius 2 is 2.11 bits per heavy atom. The van der Waals surface area contributed by atoms with E-state index in [1.54, 1.807) is 12.1 Å². The van der Waals surface area contributed by atoms with E-state index >= 15 is 0 Å². The van der Waals surface area contributed by atoms with Gasteiger partial charge in [-0.15, -0.1) is 11.3 Å². The number of nitrogens with one attached hydrogen (secondary N) is 1. The Balaban J connectivity index is 1.70. The van der Waals surface area contributed by atoms with Crippen LogP contribution in [0.1, 0.15) is 35.4 Å². The van der Waals surface area contributed by atoms with Crippen molar-refractivity contribution in [1.29, 1.82) is 0 Å². The highest BCUT2D eigenvalue weighted by Crippen LogP contribution is 2.26. The Bertz CT molecular complexity index is 605. The molecule has 0 radical (unpaired) electrons. The van der Waals surface area contributed by atoms with E-state index in [-0.39, 0.29) is 17.8 Å². The first-order valence-electron chi connectivity index (χ1n) is 6.37. The predicted molar refractivity (Wildman–Crippen MR) is 72.6 cm³/mol. The van der Waals surface area contributed by atoms with Crippen molar-refractivity contribution in [2.75, 3.05) is 0 Å². The van der Waals surface area contributed by atoms with Gasteiger partial charge in [0.05, 0.1) is 11.0 Å². The van der Waals surface area contributed by atoms with Crippen molar-refractivity contribution in [3.63, 3.8) is 0 Å². The van der Waals surface area contributed by atoms with Gasteiger partial charge in [0.25, 0.3) is 5.91 Å². The first kappa shape index (κ1) is 12.6. The second kappa shape index (κ2) is 5.27. The number of carbonyl (C=O) groups excluding carboxylic acids is 1. The molecule has 19 heavy (non-hydrogen) atoms. The Kier molecular flexibility index (Phi) is 3.48. The molecular formula is C14H14FNO2S. The third kappa shape index (κ3) is 2.77. The Morgan fingerprint density at radius 1 is 1.32 bits per heavy atom. The maximum atomic E-state index is 13.1. The van der Waals surface area contributed by atoms with Gasteiger partial charge >= 0.3 is 0 Å². The van der Waals surface area contributed by atoms with Crippen molar-refractivity contribution in [3.05, 3.63) is 35.0 Å². The summed E-state index contributed by atoms with van der Waals surface area (Å²) in [6.07, 6.45) is 4.44. The summed E-state index contributed by atoms with van der Waals surface area (Å²) in [5, 5.41) is 0.873. The van der Waals surface area contributed by atoms with Crippen molar-refractivity contribution in [2.24, 2.45) is 0 Å². The summed E-state index contributed by atoms with van der Waals surface area (Å²) in [6.45, 7) is 0. The van der Waals surface area contributed by atoms with Crippen LogP contribution < -0.4 is 5.48 Å². The molecule has 1 amide bonds. The molecule has 0 atom stereocenters. The number of thiophene rings is 1. The lowest BCUT2D eigenvalue weighted by atomic mass is 10.2. The summed E-state index contributed by atoms with van der Waals surface area (Å²) in [4.78, 5) is 17.8. The molecule has 3 rings (SSSR count). The summed E-state index contributed by atoms with van der Waals surface area (Å²) in [5.74, 6) is -0.544. The van der Waals surface area contributed by atoms with Gasteiger partial charge in [-0.1, -0.05) is 18.9 Å². The number of benzene rings is 1. The number of hydroxylamine groups is 1. The van der Waals surface area contributed by atoms with Crippen LogP contribution in [0.25, 0.3) is 10.1 Å². The Labute approximate surface area is 114 Å². The monoisotopic (exact) mass is 279 g/mol. The third-order valence-corrected chi connectivity index (χ3v) is 4.42. The largest absolute Gasteiger partial charge is 0.284 e. The summed E-state index contributed by atoms with van der Waals surface area (Å²) in [7, 11) is 0. The molecule has 0 aliphatic heterocycles. The van der Waals surface area contributed by atoms with Crippen LogP contribution in [0.15, 0.2) is 24.3 Å². The number of fused-ring (bicyclic) bond motifs is 1. The van der Waals surface area contributed by atoms with E-state index in [9.17, 15) is 9.18 Å². The molecule has 1 fully saturated rings. The average molecular weight is 279 g/mol. The van der Waals surface area contributed by atoms with Crippen molar-refractivity contribution < 1.29 is 14.0 Å². The molecule has 0 spiro atoms. The van der Waals surface area contributed by atoms with Gasteiger partial charge in [-0.05, 0) is 36.4 Å². The molecule has 0 saturated heterocycles. The van der Waals surface area contributed by atoms with E-state index in [4.69, 9.17) is 4.84 Å². The van der Waals surface area contributed by atoms with Gasteiger partial charge in [-0.3, -0.25) is 9.63 Å². The second-order valence-corrected chi connectivity index (χ2v) is 5.83. The molecule has 100 valence electrons. The molecule has 0 bridgehead atoms. The fourth-order valence-corrected chi connectivity index (χ4v) is 3.28. The zero-order chi connectivity index (χ0) is 13.2. The van der Waals surface area contributed by atoms with Gasteiger partial charge in [0.15, 0.2) is 0 Å². The number of amides is 1. The lowest BCUT2D eigenvalue weighted by Gasteiger charge is -2.10. The molecule has 1 aromatic carbocycles. The van der Waals surface area contributed by atoms with E-state index in [0.717, 1.165) is 35.8 Å². The van der Waals surface area contributed by atoms with Crippen molar-refractivity contribution in [2.45, 2.75) is 31.8 Å². The molecule has 3 nitrogen and oxygen atoms in total. The first-order valence-corrected chi connectivity index (χ1v) is 7.19. The molecular weight excluding hydrogens is 265 g/mol. The molecule has 1 aromatic heterocycles. The standard InChI is InChI=1S/C14H14FNO2S/c15-10-6-5-9-7-13(19-12(9)8-10)14(17)16-18-11-3-1-2-4-11/h5-8,11H,1-4H2,(H,16,17). The Hall–Kier alpha value is -1.46. The van der Waals surface area contributed by atoms with Crippen LogP contribution in [0.2, 0.25) is 0 Å². The highest BCUT2D eigenvalue weighted by molar-refractivity contribution is 7.20. The minimum Gasteiger partial charge on any atom is -0.270 e. The van der Waals surface area contributed by atoms with Gasteiger partial charge in [0, 0.05) is 4.70 Å². The fourth-order valence-electron chi connectivity index (χ4n) is 2.31. The molecule has 2 aromatic rings. The molecule has 1 aliphatic carbocycles. The highest BCUT2D eigenvalue weighted by Gasteiger charge is 2.18. The number of halogens is 1. The summed E-state index contributed by atoms with van der Waals surface area (Å²) >= 11 is 1.27. The molecule has 0 unspecified atom stereocenters. The molecule has 1 saturated carbocycles. The summed E-state index contributed by atoms with van der Waals surface area (Å²) < 4.78 is 13.9. The van der Waals surface area contributed by atoms with Crippen LogP contribution in [-0.2, 0) is 4.84 Å². The third-order valence-electron chi connectivity index (χ3n) is 3.33. The number of hydrogen-bond donors (Lipinski definition) is 1. The van der Waals surface area contributed by atoms with Crippen LogP contribution in [0.3, 0.4) is 0 Å². The van der Waals surface area contributed by atoms with Crippen molar-refractivity contribution >= 4 is 27.3 Å². The normalized spacial score (nSPS) is 16.1. The maximum Gasteiger partial charge on any atom is 0.284 e. The first-order chi connectivity index (χ1) is 9.22. The van der Waals surface area contributed by atoms with Gasteiger partial charge < -0.3 is 0 Å². The number of carbonyl (C=O) groups is 1. The van der Waals surface area contributed by atoms with Crippen LogP contribution in [0, 0.1) is 5.82 Å². The zero-order valence-corrected chi connectivity index (χ0v) is 11.1. The van der Waals surface area contributed by atoms with Crippen LogP contribution in [0.5, 0.6) is 0 Å². The van der Waals surface area contributed by atoms with E-state index in [2.05, 4.69) is 5.48 Å². The molecule has 1 N–H and O–H groups in total. The van der Waals surface area contributed by atoms with Crippen LogP contribution in [0.4, 0.5) is 4.39 Å². The minimum absolute atomic E-state index is 0.135. The van der Waals surface area contributed by atoms with Crippen molar-refractivity contribution in [3.8, 4) is 0 Å². The van der Waals surface area contributed by atoms with E-state index in [1.165, 1.54) is 23.5 Å². The molecule has 1 heterocycles.